The highest BCUT2D eigenvalue weighted by molar-refractivity contribution is 6.30. The summed E-state index contributed by atoms with van der Waals surface area (Å²) in [5, 5.41) is 5.99. The van der Waals surface area contributed by atoms with Gasteiger partial charge >= 0.3 is 18.2 Å². The van der Waals surface area contributed by atoms with Crippen molar-refractivity contribution in [2.24, 2.45) is 17.8 Å². The van der Waals surface area contributed by atoms with Crippen molar-refractivity contribution in [1.29, 1.82) is 0 Å². The molecule has 220 valence electrons. The fourth-order valence-corrected chi connectivity index (χ4v) is 6.12. The second-order valence-corrected chi connectivity index (χ2v) is 10.9. The van der Waals surface area contributed by atoms with E-state index in [1.165, 1.54) is 18.3 Å². The Labute approximate surface area is 245 Å². The van der Waals surface area contributed by atoms with Crippen molar-refractivity contribution < 1.29 is 31.9 Å². The number of rotatable bonds is 8. The third kappa shape index (κ3) is 5.99. The van der Waals surface area contributed by atoms with E-state index in [1.807, 2.05) is 12.2 Å². The Morgan fingerprint density at radius 1 is 1.02 bits per heavy atom. The first-order chi connectivity index (χ1) is 20.0. The van der Waals surface area contributed by atoms with Crippen LogP contribution in [0.15, 0.2) is 79.0 Å². The van der Waals surface area contributed by atoms with Crippen LogP contribution in [-0.4, -0.2) is 29.6 Å². The molecule has 2 aliphatic rings. The Kier molecular flexibility index (Phi) is 8.28. The molecule has 2 aromatic carbocycles. The number of hydrogen-bond donors (Lipinski definition) is 2. The number of carbonyl (C=O) groups is 2. The first-order valence-corrected chi connectivity index (χ1v) is 13.9. The quantitative estimate of drug-likeness (QED) is 0.177. The predicted octanol–water partition coefficient (Wildman–Crippen LogP) is 6.43. The van der Waals surface area contributed by atoms with Gasteiger partial charge in [-0.15, -0.1) is 0 Å². The van der Waals surface area contributed by atoms with Crippen LogP contribution < -0.4 is 10.6 Å². The number of nitrogens with zero attached hydrogens (tertiary/aromatic N) is 1. The monoisotopic (exact) mass is 601 g/mol. The highest BCUT2D eigenvalue weighted by atomic mass is 35.5. The number of halogens is 5. The average Bonchev–Trinajstić information content (AvgIpc) is 3.55. The van der Waals surface area contributed by atoms with Crippen LogP contribution in [0.5, 0.6) is 0 Å². The van der Waals surface area contributed by atoms with Crippen LogP contribution >= 0.6 is 11.6 Å². The molecule has 0 spiro atoms. The standard InChI is InChI=1S/C31H28ClF4N3O3/c1-2-42-28(40)26-19-8-9-20(12-19)27(26)38-29(41)39-30(16-18-6-4-3-5-7-18,25-11-10-23(32)17-37-25)21-13-22(31(34,35)36)15-24(33)14-21/h3-11,13-15,17,19-20,26-27H,2,12,16H2,1H3,(H2,38,39,41)/t19-,20+,26+,27-,30-/m0/s1. The Morgan fingerprint density at radius 2 is 1.74 bits per heavy atom. The highest BCUT2D eigenvalue weighted by Crippen LogP contribution is 2.44. The molecule has 5 atom stereocenters. The van der Waals surface area contributed by atoms with Gasteiger partial charge in [-0.05, 0) is 66.6 Å². The zero-order chi connectivity index (χ0) is 30.1. The van der Waals surface area contributed by atoms with Gasteiger partial charge in [0.2, 0.25) is 0 Å². The average molecular weight is 602 g/mol. The van der Waals surface area contributed by atoms with Gasteiger partial charge in [0.15, 0.2) is 0 Å². The minimum Gasteiger partial charge on any atom is -0.466 e. The molecule has 42 heavy (non-hydrogen) atoms. The number of esters is 1. The molecular formula is C31H28ClF4N3O3. The van der Waals surface area contributed by atoms with Crippen molar-refractivity contribution >= 4 is 23.6 Å². The number of hydrogen-bond acceptors (Lipinski definition) is 4. The number of fused-ring (bicyclic) bond motifs is 2. The Balaban J connectivity index is 1.60. The lowest BCUT2D eigenvalue weighted by Crippen LogP contribution is -2.56. The third-order valence-corrected chi connectivity index (χ3v) is 8.06. The van der Waals surface area contributed by atoms with Gasteiger partial charge in [-0.25, -0.2) is 9.18 Å². The maximum atomic E-state index is 14.9. The van der Waals surface area contributed by atoms with E-state index < -0.39 is 47.1 Å². The molecule has 0 aliphatic heterocycles. The number of ether oxygens (including phenoxy) is 1. The van der Waals surface area contributed by atoms with E-state index in [-0.39, 0.29) is 41.1 Å². The van der Waals surface area contributed by atoms with Crippen molar-refractivity contribution in [2.75, 3.05) is 6.61 Å². The van der Waals surface area contributed by atoms with Crippen LogP contribution in [0.4, 0.5) is 22.4 Å². The van der Waals surface area contributed by atoms with E-state index in [1.54, 1.807) is 37.3 Å². The van der Waals surface area contributed by atoms with Crippen LogP contribution in [0.25, 0.3) is 0 Å². The number of amides is 2. The molecule has 2 amide bonds. The van der Waals surface area contributed by atoms with Crippen LogP contribution in [0.1, 0.15) is 35.7 Å². The SMILES string of the molecule is CCOC(=O)[C@H]1[C@@H](NC(=O)N[C@@](Cc2ccccc2)(c2cc(F)cc(C(F)(F)F)c2)c2ccc(Cl)cn2)[C@@H]2C=C[C@H]1C2. The van der Waals surface area contributed by atoms with E-state index in [0.29, 0.717) is 18.1 Å². The minimum atomic E-state index is -4.85. The summed E-state index contributed by atoms with van der Waals surface area (Å²) in [7, 11) is 0. The van der Waals surface area contributed by atoms with E-state index in [9.17, 15) is 27.2 Å². The van der Waals surface area contributed by atoms with Gasteiger partial charge in [0, 0.05) is 12.6 Å². The first kappa shape index (κ1) is 29.6. The summed E-state index contributed by atoms with van der Waals surface area (Å²) < 4.78 is 61.7. The maximum Gasteiger partial charge on any atom is 0.416 e. The predicted molar refractivity (Wildman–Crippen MR) is 148 cm³/mol. The third-order valence-electron chi connectivity index (χ3n) is 7.84. The zero-order valence-corrected chi connectivity index (χ0v) is 23.3. The Hall–Kier alpha value is -3.92. The van der Waals surface area contributed by atoms with Gasteiger partial charge in [-0.3, -0.25) is 9.78 Å². The number of nitrogens with one attached hydrogen (secondary N) is 2. The first-order valence-electron chi connectivity index (χ1n) is 13.5. The van der Waals surface area contributed by atoms with E-state index in [2.05, 4.69) is 15.6 Å². The number of allylic oxidation sites excluding steroid dienone is 1. The molecule has 0 radical (unpaired) electrons. The topological polar surface area (TPSA) is 80.3 Å². The Morgan fingerprint density at radius 3 is 2.40 bits per heavy atom. The molecule has 1 aromatic heterocycles. The highest BCUT2D eigenvalue weighted by Gasteiger charge is 2.50. The zero-order valence-electron chi connectivity index (χ0n) is 22.5. The van der Waals surface area contributed by atoms with Gasteiger partial charge in [0.05, 0.1) is 34.8 Å². The number of carbonyl (C=O) groups excluding carboxylic acids is 2. The molecule has 5 rings (SSSR count). The number of benzene rings is 2. The fraction of sp³-hybridized carbons (Fsp3) is 0.323. The second kappa shape index (κ2) is 11.8. The molecule has 2 aliphatic carbocycles. The molecule has 0 saturated heterocycles. The van der Waals surface area contributed by atoms with Crippen molar-refractivity contribution in [3.8, 4) is 0 Å². The van der Waals surface area contributed by atoms with Gasteiger partial charge in [-0.1, -0.05) is 54.1 Å². The van der Waals surface area contributed by atoms with Crippen LogP contribution in [0.3, 0.4) is 0 Å². The van der Waals surface area contributed by atoms with E-state index in [0.717, 1.165) is 12.1 Å². The molecule has 0 unspecified atom stereocenters. The molecule has 2 N–H and O–H groups in total. The smallest absolute Gasteiger partial charge is 0.416 e. The van der Waals surface area contributed by atoms with Crippen molar-refractivity contribution in [1.82, 2.24) is 15.6 Å². The fourth-order valence-electron chi connectivity index (χ4n) is 6.01. The normalized spacial score (nSPS) is 22.4. The molecule has 1 saturated carbocycles. The summed E-state index contributed by atoms with van der Waals surface area (Å²) in [6, 6.07) is 12.5. The van der Waals surface area contributed by atoms with Crippen molar-refractivity contribution in [3.05, 3.63) is 112 Å². The van der Waals surface area contributed by atoms with Crippen molar-refractivity contribution in [3.63, 3.8) is 0 Å². The lowest BCUT2D eigenvalue weighted by atomic mass is 9.79. The molecule has 1 fully saturated rings. The van der Waals surface area contributed by atoms with Crippen LogP contribution in [0, 0.1) is 23.6 Å². The van der Waals surface area contributed by atoms with Gasteiger partial charge in [0.1, 0.15) is 11.4 Å². The van der Waals surface area contributed by atoms with Gasteiger partial charge < -0.3 is 15.4 Å². The van der Waals surface area contributed by atoms with Crippen molar-refractivity contribution in [2.45, 2.75) is 37.5 Å². The molecule has 11 heteroatoms. The largest absolute Gasteiger partial charge is 0.466 e. The summed E-state index contributed by atoms with van der Waals surface area (Å²) in [5.74, 6) is -2.42. The minimum absolute atomic E-state index is 0.0748. The molecular weight excluding hydrogens is 574 g/mol. The van der Waals surface area contributed by atoms with Crippen LogP contribution in [-0.2, 0) is 27.7 Å². The van der Waals surface area contributed by atoms with E-state index >= 15 is 0 Å². The molecule has 2 bridgehead atoms. The Bertz CT molecular complexity index is 1480. The van der Waals surface area contributed by atoms with E-state index in [4.69, 9.17) is 16.3 Å². The maximum absolute atomic E-state index is 14.9. The summed E-state index contributed by atoms with van der Waals surface area (Å²) in [5.41, 5.74) is -2.38. The van der Waals surface area contributed by atoms with Gasteiger partial charge in [-0.2, -0.15) is 13.2 Å². The molecule has 3 aromatic rings. The molecule has 6 nitrogen and oxygen atoms in total. The summed E-state index contributed by atoms with van der Waals surface area (Å²) >= 11 is 6.08. The number of pyridine rings is 1. The summed E-state index contributed by atoms with van der Waals surface area (Å²) in [6.07, 6.45) is 0.900. The van der Waals surface area contributed by atoms with Gasteiger partial charge in [0.25, 0.3) is 0 Å². The lowest BCUT2D eigenvalue weighted by Gasteiger charge is -2.37. The second-order valence-electron chi connectivity index (χ2n) is 10.5. The number of urea groups is 1. The van der Waals surface area contributed by atoms with Crippen LogP contribution in [0.2, 0.25) is 5.02 Å². The molecule has 1 heterocycles. The lowest BCUT2D eigenvalue weighted by molar-refractivity contribution is -0.149. The number of alkyl halides is 3. The summed E-state index contributed by atoms with van der Waals surface area (Å²) in [6.45, 7) is 1.88. The number of aromatic nitrogens is 1. The summed E-state index contributed by atoms with van der Waals surface area (Å²) in [4.78, 5) is 31.0.